The third kappa shape index (κ3) is 3.50. The molecule has 1 aromatic carbocycles. The van der Waals surface area contributed by atoms with Crippen LogP contribution in [0.4, 0.5) is 0 Å². The van der Waals surface area contributed by atoms with Crippen LogP contribution >= 0.6 is 0 Å². The standard InChI is InChI=1S/C16H19N3O4/c1-10-7-6-8-12(23-15-11(2)9-19(3)17-15)13(10)14(18-22-5)16(20)21-4/h6-9H,1-5H3/b18-14+. The summed E-state index contributed by atoms with van der Waals surface area (Å²) in [6.45, 7) is 3.74. The number of aromatic nitrogens is 2. The average molecular weight is 317 g/mol. The van der Waals surface area contributed by atoms with E-state index < -0.39 is 5.97 Å². The number of rotatable bonds is 5. The van der Waals surface area contributed by atoms with E-state index in [0.29, 0.717) is 17.2 Å². The fraction of sp³-hybridized carbons (Fsp3) is 0.312. The molecule has 1 heterocycles. The Hall–Kier alpha value is -2.83. The average Bonchev–Trinajstić information content (AvgIpc) is 2.83. The molecule has 0 saturated heterocycles. The maximum atomic E-state index is 12.0. The minimum Gasteiger partial charge on any atom is -0.464 e. The van der Waals surface area contributed by atoms with Crippen LogP contribution in [0.1, 0.15) is 16.7 Å². The van der Waals surface area contributed by atoms with Crippen LogP contribution in [0.3, 0.4) is 0 Å². The number of benzene rings is 1. The number of carbonyl (C=O) groups is 1. The third-order valence-electron chi connectivity index (χ3n) is 3.21. The number of oxime groups is 1. The smallest absolute Gasteiger partial charge is 0.360 e. The number of esters is 1. The molecule has 122 valence electrons. The van der Waals surface area contributed by atoms with E-state index in [9.17, 15) is 4.79 Å². The van der Waals surface area contributed by atoms with E-state index in [0.717, 1.165) is 11.1 Å². The molecule has 23 heavy (non-hydrogen) atoms. The molecule has 0 N–H and O–H groups in total. The summed E-state index contributed by atoms with van der Waals surface area (Å²) in [5, 5.41) is 8.05. The Bertz CT molecular complexity index is 750. The second-order valence-electron chi connectivity index (χ2n) is 4.96. The van der Waals surface area contributed by atoms with Crippen LogP contribution in [-0.4, -0.2) is 35.7 Å². The van der Waals surface area contributed by atoms with E-state index in [-0.39, 0.29) is 5.71 Å². The highest BCUT2D eigenvalue weighted by atomic mass is 16.6. The number of methoxy groups -OCH3 is 1. The van der Waals surface area contributed by atoms with Crippen LogP contribution in [0.25, 0.3) is 0 Å². The Kier molecular flexibility index (Phi) is 5.00. The van der Waals surface area contributed by atoms with Gasteiger partial charge < -0.3 is 14.3 Å². The maximum absolute atomic E-state index is 12.0. The normalized spacial score (nSPS) is 11.3. The van der Waals surface area contributed by atoms with Gasteiger partial charge in [0.2, 0.25) is 5.88 Å². The van der Waals surface area contributed by atoms with E-state index >= 15 is 0 Å². The number of carbonyl (C=O) groups excluding carboxylic acids is 1. The molecule has 1 aromatic heterocycles. The van der Waals surface area contributed by atoms with Crippen LogP contribution in [-0.2, 0) is 21.4 Å². The summed E-state index contributed by atoms with van der Waals surface area (Å²) in [4.78, 5) is 16.8. The van der Waals surface area contributed by atoms with Crippen molar-refractivity contribution in [1.82, 2.24) is 9.78 Å². The molecule has 0 amide bonds. The van der Waals surface area contributed by atoms with Gasteiger partial charge in [-0.2, -0.15) is 0 Å². The molecule has 0 fully saturated rings. The van der Waals surface area contributed by atoms with Crippen molar-refractivity contribution in [3.63, 3.8) is 0 Å². The van der Waals surface area contributed by atoms with Gasteiger partial charge in [0.25, 0.3) is 0 Å². The molecule has 0 saturated carbocycles. The lowest BCUT2D eigenvalue weighted by molar-refractivity contribution is -0.132. The van der Waals surface area contributed by atoms with Crippen molar-refractivity contribution in [1.29, 1.82) is 0 Å². The van der Waals surface area contributed by atoms with Gasteiger partial charge in [0, 0.05) is 18.8 Å². The third-order valence-corrected chi connectivity index (χ3v) is 3.21. The highest BCUT2D eigenvalue weighted by Gasteiger charge is 2.23. The Balaban J connectivity index is 2.53. The van der Waals surface area contributed by atoms with Crippen molar-refractivity contribution in [3.05, 3.63) is 41.1 Å². The lowest BCUT2D eigenvalue weighted by Crippen LogP contribution is -2.19. The first-order valence-corrected chi connectivity index (χ1v) is 6.95. The topological polar surface area (TPSA) is 74.9 Å². The van der Waals surface area contributed by atoms with Gasteiger partial charge in [0.1, 0.15) is 12.9 Å². The summed E-state index contributed by atoms with van der Waals surface area (Å²) in [6, 6.07) is 5.42. The summed E-state index contributed by atoms with van der Waals surface area (Å²) in [7, 11) is 4.46. The van der Waals surface area contributed by atoms with Crippen LogP contribution in [0.15, 0.2) is 29.6 Å². The second kappa shape index (κ2) is 6.95. The molecule has 0 aliphatic carbocycles. The van der Waals surface area contributed by atoms with Gasteiger partial charge in [-0.05, 0) is 25.5 Å². The van der Waals surface area contributed by atoms with Crippen LogP contribution < -0.4 is 4.74 Å². The molecule has 2 rings (SSSR count). The van der Waals surface area contributed by atoms with Crippen molar-refractivity contribution in [2.45, 2.75) is 13.8 Å². The monoisotopic (exact) mass is 317 g/mol. The molecular weight excluding hydrogens is 298 g/mol. The molecule has 7 heteroatoms. The van der Waals surface area contributed by atoms with Crippen molar-refractivity contribution < 1.29 is 19.1 Å². The quantitative estimate of drug-likeness (QED) is 0.481. The van der Waals surface area contributed by atoms with Gasteiger partial charge in [0.05, 0.1) is 12.7 Å². The van der Waals surface area contributed by atoms with Crippen molar-refractivity contribution in [2.75, 3.05) is 14.2 Å². The van der Waals surface area contributed by atoms with Crippen LogP contribution in [0, 0.1) is 13.8 Å². The summed E-state index contributed by atoms with van der Waals surface area (Å²) in [5.74, 6) is 0.303. The SMILES string of the molecule is CO/N=C(/C(=O)OC)c1c(C)cccc1Oc1nn(C)cc1C. The highest BCUT2D eigenvalue weighted by Crippen LogP contribution is 2.29. The van der Waals surface area contributed by atoms with Crippen LogP contribution in [0.2, 0.25) is 0 Å². The molecule has 0 bridgehead atoms. The van der Waals surface area contributed by atoms with Crippen molar-refractivity contribution >= 4 is 11.7 Å². The number of nitrogens with zero attached hydrogens (tertiary/aromatic N) is 3. The molecule has 0 atom stereocenters. The number of hydrogen-bond donors (Lipinski definition) is 0. The molecular formula is C16H19N3O4. The Morgan fingerprint density at radius 1 is 1.22 bits per heavy atom. The summed E-state index contributed by atoms with van der Waals surface area (Å²) >= 11 is 0. The second-order valence-corrected chi connectivity index (χ2v) is 4.96. The van der Waals surface area contributed by atoms with Gasteiger partial charge in [0.15, 0.2) is 5.71 Å². The fourth-order valence-electron chi connectivity index (χ4n) is 2.19. The van der Waals surface area contributed by atoms with E-state index in [1.165, 1.54) is 14.2 Å². The molecule has 0 aliphatic rings. The van der Waals surface area contributed by atoms with Crippen molar-refractivity contribution in [2.24, 2.45) is 12.2 Å². The van der Waals surface area contributed by atoms with Gasteiger partial charge in [-0.3, -0.25) is 4.68 Å². The Morgan fingerprint density at radius 2 is 1.96 bits per heavy atom. The van der Waals surface area contributed by atoms with E-state index in [2.05, 4.69) is 10.3 Å². The maximum Gasteiger partial charge on any atom is 0.360 e. The minimum absolute atomic E-state index is 0.0386. The van der Waals surface area contributed by atoms with Gasteiger partial charge >= 0.3 is 5.97 Å². The predicted molar refractivity (Wildman–Crippen MR) is 84.8 cm³/mol. The molecule has 2 aromatic rings. The lowest BCUT2D eigenvalue weighted by Gasteiger charge is -2.13. The predicted octanol–water partition coefficient (Wildman–Crippen LogP) is 2.35. The zero-order valence-corrected chi connectivity index (χ0v) is 13.8. The van der Waals surface area contributed by atoms with Crippen LogP contribution in [0.5, 0.6) is 11.6 Å². The summed E-state index contributed by atoms with van der Waals surface area (Å²) < 4.78 is 12.3. The van der Waals surface area contributed by atoms with E-state index in [1.807, 2.05) is 39.2 Å². The fourth-order valence-corrected chi connectivity index (χ4v) is 2.19. The Morgan fingerprint density at radius 3 is 2.52 bits per heavy atom. The van der Waals surface area contributed by atoms with Crippen molar-refractivity contribution in [3.8, 4) is 11.6 Å². The molecule has 0 aliphatic heterocycles. The number of ether oxygens (including phenoxy) is 2. The first-order valence-electron chi connectivity index (χ1n) is 6.95. The van der Waals surface area contributed by atoms with Gasteiger partial charge in [-0.1, -0.05) is 17.3 Å². The molecule has 0 unspecified atom stereocenters. The van der Waals surface area contributed by atoms with E-state index in [4.69, 9.17) is 14.3 Å². The highest BCUT2D eigenvalue weighted by molar-refractivity contribution is 6.44. The zero-order valence-electron chi connectivity index (χ0n) is 13.8. The first-order chi connectivity index (χ1) is 11.0. The van der Waals surface area contributed by atoms with Gasteiger partial charge in [-0.15, -0.1) is 5.10 Å². The molecule has 7 nitrogen and oxygen atoms in total. The number of aryl methyl sites for hydroxylation is 3. The number of hydrogen-bond acceptors (Lipinski definition) is 6. The summed E-state index contributed by atoms with van der Waals surface area (Å²) in [6.07, 6.45) is 1.84. The Labute approximate surface area is 134 Å². The first kappa shape index (κ1) is 16.5. The molecule has 0 radical (unpaired) electrons. The van der Waals surface area contributed by atoms with Gasteiger partial charge in [-0.25, -0.2) is 4.79 Å². The minimum atomic E-state index is -0.608. The van der Waals surface area contributed by atoms with E-state index in [1.54, 1.807) is 10.7 Å². The largest absolute Gasteiger partial charge is 0.464 e. The summed E-state index contributed by atoms with van der Waals surface area (Å²) in [5.41, 5.74) is 2.23. The zero-order chi connectivity index (χ0) is 17.0. The molecule has 0 spiro atoms. The lowest BCUT2D eigenvalue weighted by atomic mass is 10.0.